The fraction of sp³-hybridized carbons (Fsp3) is 0.357. The standard InChI is InChI=1S/C14H20N2O/c1-5-7-8-9-12(3)13-11-14(16(4)15-13)17-10-6-2/h5,7-9,11H,3,6,10H2,1-2,4H3/b7-5-,9-8-. The number of nitrogens with zero attached hydrogens (tertiary/aromatic N) is 2. The summed E-state index contributed by atoms with van der Waals surface area (Å²) >= 11 is 0. The number of ether oxygens (including phenoxy) is 1. The van der Waals surface area contributed by atoms with Crippen LogP contribution in [-0.2, 0) is 7.05 Å². The molecular weight excluding hydrogens is 212 g/mol. The largest absolute Gasteiger partial charge is 0.478 e. The number of allylic oxidation sites excluding steroid dienone is 5. The normalized spacial score (nSPS) is 11.5. The Hall–Kier alpha value is -1.77. The summed E-state index contributed by atoms with van der Waals surface area (Å²) in [7, 11) is 1.87. The van der Waals surface area contributed by atoms with E-state index in [9.17, 15) is 0 Å². The molecule has 1 rings (SSSR count). The van der Waals surface area contributed by atoms with E-state index in [0.29, 0.717) is 6.61 Å². The maximum atomic E-state index is 5.56. The lowest BCUT2D eigenvalue weighted by Gasteiger charge is -2.02. The van der Waals surface area contributed by atoms with Gasteiger partial charge in [0.1, 0.15) is 0 Å². The molecular formula is C14H20N2O. The van der Waals surface area contributed by atoms with Crippen LogP contribution in [0, 0.1) is 0 Å². The highest BCUT2D eigenvalue weighted by atomic mass is 16.5. The topological polar surface area (TPSA) is 27.1 Å². The van der Waals surface area contributed by atoms with Crippen LogP contribution in [0.1, 0.15) is 26.0 Å². The Bertz CT molecular complexity index is 427. The van der Waals surface area contributed by atoms with Crippen LogP contribution in [0.4, 0.5) is 0 Å². The van der Waals surface area contributed by atoms with Gasteiger partial charge in [-0.05, 0) is 18.9 Å². The number of hydrogen-bond donors (Lipinski definition) is 0. The summed E-state index contributed by atoms with van der Waals surface area (Å²) in [5, 5.41) is 4.36. The number of aromatic nitrogens is 2. The summed E-state index contributed by atoms with van der Waals surface area (Å²) in [6, 6.07) is 1.91. The third-order valence-corrected chi connectivity index (χ3v) is 2.22. The Morgan fingerprint density at radius 3 is 2.94 bits per heavy atom. The minimum atomic E-state index is 0.708. The fourth-order valence-corrected chi connectivity index (χ4v) is 1.32. The zero-order chi connectivity index (χ0) is 12.7. The first kappa shape index (κ1) is 13.3. The molecule has 17 heavy (non-hydrogen) atoms. The molecule has 0 fully saturated rings. The maximum Gasteiger partial charge on any atom is 0.212 e. The molecule has 0 unspecified atom stereocenters. The first-order chi connectivity index (χ1) is 8.19. The van der Waals surface area contributed by atoms with Crippen molar-refractivity contribution in [3.63, 3.8) is 0 Å². The van der Waals surface area contributed by atoms with Crippen LogP contribution in [0.3, 0.4) is 0 Å². The second-order valence-corrected chi connectivity index (χ2v) is 3.75. The average molecular weight is 232 g/mol. The van der Waals surface area contributed by atoms with Gasteiger partial charge in [0.15, 0.2) is 0 Å². The lowest BCUT2D eigenvalue weighted by Crippen LogP contribution is -2.00. The molecule has 0 N–H and O–H groups in total. The molecule has 0 bridgehead atoms. The first-order valence-corrected chi connectivity index (χ1v) is 5.84. The Labute approximate surface area is 103 Å². The second-order valence-electron chi connectivity index (χ2n) is 3.75. The van der Waals surface area contributed by atoms with Gasteiger partial charge in [0.05, 0.1) is 12.3 Å². The lowest BCUT2D eigenvalue weighted by atomic mass is 10.2. The molecule has 1 heterocycles. The average Bonchev–Trinajstić information content (AvgIpc) is 2.68. The first-order valence-electron chi connectivity index (χ1n) is 5.84. The van der Waals surface area contributed by atoms with Gasteiger partial charge in [-0.2, -0.15) is 5.10 Å². The monoisotopic (exact) mass is 232 g/mol. The number of rotatable bonds is 6. The van der Waals surface area contributed by atoms with Crippen LogP contribution >= 0.6 is 0 Å². The molecule has 92 valence electrons. The van der Waals surface area contributed by atoms with Gasteiger partial charge in [-0.15, -0.1) is 0 Å². The van der Waals surface area contributed by atoms with Gasteiger partial charge in [0, 0.05) is 13.1 Å². The zero-order valence-corrected chi connectivity index (χ0v) is 10.8. The summed E-state index contributed by atoms with van der Waals surface area (Å²) in [4.78, 5) is 0. The minimum absolute atomic E-state index is 0.708. The van der Waals surface area contributed by atoms with E-state index in [1.807, 2.05) is 44.3 Å². The molecule has 1 aromatic rings. The smallest absolute Gasteiger partial charge is 0.212 e. The van der Waals surface area contributed by atoms with Crippen molar-refractivity contribution in [1.82, 2.24) is 9.78 Å². The van der Waals surface area contributed by atoms with Crippen LogP contribution in [-0.4, -0.2) is 16.4 Å². The van der Waals surface area contributed by atoms with E-state index >= 15 is 0 Å². The van der Waals surface area contributed by atoms with Crippen molar-refractivity contribution in [3.05, 3.63) is 42.6 Å². The van der Waals surface area contributed by atoms with Crippen molar-refractivity contribution in [1.29, 1.82) is 0 Å². The zero-order valence-electron chi connectivity index (χ0n) is 10.8. The van der Waals surface area contributed by atoms with E-state index in [1.165, 1.54) is 0 Å². The van der Waals surface area contributed by atoms with Crippen LogP contribution in [0.15, 0.2) is 36.9 Å². The van der Waals surface area contributed by atoms with E-state index in [4.69, 9.17) is 4.74 Å². The Kier molecular flexibility index (Phi) is 5.27. The molecule has 0 radical (unpaired) electrons. The van der Waals surface area contributed by atoms with Gasteiger partial charge in [0.25, 0.3) is 0 Å². The van der Waals surface area contributed by atoms with Gasteiger partial charge in [0.2, 0.25) is 5.88 Å². The molecule has 0 spiro atoms. The SMILES string of the molecule is C=C(/C=C\C=C/C)c1cc(OCCC)n(C)n1. The summed E-state index contributed by atoms with van der Waals surface area (Å²) in [6.45, 7) is 8.74. The van der Waals surface area contributed by atoms with Crippen molar-refractivity contribution in [3.8, 4) is 5.88 Å². The van der Waals surface area contributed by atoms with Gasteiger partial charge >= 0.3 is 0 Å². The molecule has 0 aliphatic rings. The van der Waals surface area contributed by atoms with Crippen molar-refractivity contribution < 1.29 is 4.74 Å². The van der Waals surface area contributed by atoms with E-state index in [2.05, 4.69) is 18.6 Å². The van der Waals surface area contributed by atoms with E-state index in [1.54, 1.807) is 4.68 Å². The second kappa shape index (κ2) is 6.74. The molecule has 0 aliphatic carbocycles. The summed E-state index contributed by atoms with van der Waals surface area (Å²) < 4.78 is 7.30. The Balaban J connectivity index is 2.75. The van der Waals surface area contributed by atoms with Crippen molar-refractivity contribution >= 4 is 5.57 Å². The van der Waals surface area contributed by atoms with Crippen LogP contribution in [0.5, 0.6) is 5.88 Å². The van der Waals surface area contributed by atoms with E-state index in [0.717, 1.165) is 23.6 Å². The van der Waals surface area contributed by atoms with Crippen LogP contribution in [0.2, 0.25) is 0 Å². The lowest BCUT2D eigenvalue weighted by molar-refractivity contribution is 0.290. The molecule has 3 heteroatoms. The molecule has 1 aromatic heterocycles. The fourth-order valence-electron chi connectivity index (χ4n) is 1.32. The van der Waals surface area contributed by atoms with Gasteiger partial charge in [-0.25, -0.2) is 4.68 Å². The minimum Gasteiger partial charge on any atom is -0.478 e. The van der Waals surface area contributed by atoms with Gasteiger partial charge < -0.3 is 4.74 Å². The molecule has 3 nitrogen and oxygen atoms in total. The van der Waals surface area contributed by atoms with Crippen molar-refractivity contribution in [2.75, 3.05) is 6.61 Å². The molecule has 0 amide bonds. The van der Waals surface area contributed by atoms with Crippen LogP contribution < -0.4 is 4.74 Å². The molecule has 0 atom stereocenters. The predicted molar refractivity (Wildman–Crippen MR) is 72.0 cm³/mol. The molecule has 0 saturated carbocycles. The quantitative estimate of drug-likeness (QED) is 0.703. The highest BCUT2D eigenvalue weighted by molar-refractivity contribution is 5.70. The molecule has 0 aliphatic heterocycles. The highest BCUT2D eigenvalue weighted by Crippen LogP contribution is 2.18. The third kappa shape index (κ3) is 3.94. The van der Waals surface area contributed by atoms with Crippen molar-refractivity contribution in [2.45, 2.75) is 20.3 Å². The highest BCUT2D eigenvalue weighted by Gasteiger charge is 2.06. The number of aryl methyl sites for hydroxylation is 1. The maximum absolute atomic E-state index is 5.56. The molecule has 0 saturated heterocycles. The summed E-state index contributed by atoms with van der Waals surface area (Å²) in [5.41, 5.74) is 1.73. The Morgan fingerprint density at radius 2 is 2.29 bits per heavy atom. The molecule has 0 aromatic carbocycles. The third-order valence-electron chi connectivity index (χ3n) is 2.22. The van der Waals surface area contributed by atoms with Gasteiger partial charge in [-0.3, -0.25) is 0 Å². The predicted octanol–water partition coefficient (Wildman–Crippen LogP) is 3.35. The van der Waals surface area contributed by atoms with E-state index in [-0.39, 0.29) is 0 Å². The van der Waals surface area contributed by atoms with Crippen molar-refractivity contribution in [2.24, 2.45) is 7.05 Å². The summed E-state index contributed by atoms with van der Waals surface area (Å²) in [5.74, 6) is 0.780. The Morgan fingerprint density at radius 1 is 1.53 bits per heavy atom. The number of hydrogen-bond acceptors (Lipinski definition) is 2. The van der Waals surface area contributed by atoms with E-state index < -0.39 is 0 Å². The summed E-state index contributed by atoms with van der Waals surface area (Å²) in [6.07, 6.45) is 8.80. The van der Waals surface area contributed by atoms with Gasteiger partial charge in [-0.1, -0.05) is 37.8 Å². The van der Waals surface area contributed by atoms with Crippen LogP contribution in [0.25, 0.3) is 5.57 Å².